The summed E-state index contributed by atoms with van der Waals surface area (Å²) in [6, 6.07) is 10.3. The van der Waals surface area contributed by atoms with Crippen molar-refractivity contribution in [3.63, 3.8) is 0 Å². The minimum atomic E-state index is 0. The van der Waals surface area contributed by atoms with Crippen LogP contribution in [0.5, 0.6) is 0 Å². The molecule has 2 rings (SSSR count). The molecule has 4 heteroatoms. The first-order valence-electron chi connectivity index (χ1n) is 8.24. The lowest BCUT2D eigenvalue weighted by atomic mass is 9.91. The molecule has 22 heavy (non-hydrogen) atoms. The van der Waals surface area contributed by atoms with Crippen molar-refractivity contribution in [2.75, 3.05) is 26.7 Å². The molecular weight excluding hydrogens is 296 g/mol. The SMILES string of the molecule is CCCC(C(=O)N1CCCC(CNC)C1)c1ccccc1.Cl. The number of amides is 1. The molecule has 0 aromatic heterocycles. The lowest BCUT2D eigenvalue weighted by Gasteiger charge is -2.35. The molecular formula is C18H29ClN2O. The summed E-state index contributed by atoms with van der Waals surface area (Å²) in [5, 5.41) is 3.24. The van der Waals surface area contributed by atoms with Gasteiger partial charge >= 0.3 is 0 Å². The summed E-state index contributed by atoms with van der Waals surface area (Å²) in [4.78, 5) is 15.0. The fourth-order valence-electron chi connectivity index (χ4n) is 3.35. The minimum Gasteiger partial charge on any atom is -0.342 e. The van der Waals surface area contributed by atoms with E-state index in [9.17, 15) is 4.79 Å². The number of carbonyl (C=O) groups excluding carboxylic acids is 1. The summed E-state index contributed by atoms with van der Waals surface area (Å²) < 4.78 is 0. The van der Waals surface area contributed by atoms with Crippen LogP contribution in [0, 0.1) is 5.92 Å². The number of halogens is 1. The third kappa shape index (κ3) is 4.99. The van der Waals surface area contributed by atoms with Gasteiger partial charge in [-0.1, -0.05) is 43.7 Å². The number of nitrogens with zero attached hydrogens (tertiary/aromatic N) is 1. The Morgan fingerprint density at radius 2 is 2.09 bits per heavy atom. The van der Waals surface area contributed by atoms with Crippen LogP contribution in [0.2, 0.25) is 0 Å². The van der Waals surface area contributed by atoms with E-state index >= 15 is 0 Å². The summed E-state index contributed by atoms with van der Waals surface area (Å²) in [6.07, 6.45) is 4.34. The molecule has 0 radical (unpaired) electrons. The molecule has 0 bridgehead atoms. The van der Waals surface area contributed by atoms with Gasteiger partial charge in [-0.05, 0) is 44.3 Å². The number of nitrogens with one attached hydrogen (secondary N) is 1. The number of hydrogen-bond acceptors (Lipinski definition) is 2. The highest BCUT2D eigenvalue weighted by Crippen LogP contribution is 2.26. The van der Waals surface area contributed by atoms with E-state index in [0.29, 0.717) is 11.8 Å². The second kappa shape index (κ2) is 9.86. The van der Waals surface area contributed by atoms with E-state index in [-0.39, 0.29) is 18.3 Å². The molecule has 1 heterocycles. The van der Waals surface area contributed by atoms with Gasteiger partial charge in [-0.3, -0.25) is 4.79 Å². The predicted octanol–water partition coefficient (Wildman–Crippen LogP) is 3.45. The van der Waals surface area contributed by atoms with Gasteiger partial charge < -0.3 is 10.2 Å². The molecule has 0 aliphatic carbocycles. The Kier molecular flexibility index (Phi) is 8.51. The van der Waals surface area contributed by atoms with Crippen LogP contribution >= 0.6 is 12.4 Å². The average Bonchev–Trinajstić information content (AvgIpc) is 2.53. The summed E-state index contributed by atoms with van der Waals surface area (Å²) in [6.45, 7) is 5.00. The van der Waals surface area contributed by atoms with Gasteiger partial charge in [-0.15, -0.1) is 12.4 Å². The van der Waals surface area contributed by atoms with Crippen molar-refractivity contribution in [2.24, 2.45) is 5.92 Å². The first-order valence-corrected chi connectivity index (χ1v) is 8.24. The smallest absolute Gasteiger partial charge is 0.230 e. The Morgan fingerprint density at radius 3 is 2.73 bits per heavy atom. The number of hydrogen-bond donors (Lipinski definition) is 1. The Bertz CT molecular complexity index is 436. The van der Waals surface area contributed by atoms with Crippen LogP contribution in [0.15, 0.2) is 30.3 Å². The molecule has 1 aliphatic heterocycles. The molecule has 1 aliphatic rings. The molecule has 3 nitrogen and oxygen atoms in total. The molecule has 1 amide bonds. The number of likely N-dealkylation sites (tertiary alicyclic amines) is 1. The van der Waals surface area contributed by atoms with Crippen LogP contribution in [-0.4, -0.2) is 37.5 Å². The Morgan fingerprint density at radius 1 is 1.36 bits per heavy atom. The predicted molar refractivity (Wildman–Crippen MR) is 94.6 cm³/mol. The highest BCUT2D eigenvalue weighted by Gasteiger charge is 2.29. The van der Waals surface area contributed by atoms with Crippen molar-refractivity contribution in [3.05, 3.63) is 35.9 Å². The van der Waals surface area contributed by atoms with Crippen LogP contribution in [0.3, 0.4) is 0 Å². The van der Waals surface area contributed by atoms with Crippen LogP contribution < -0.4 is 5.32 Å². The second-order valence-corrected chi connectivity index (χ2v) is 6.10. The van der Waals surface area contributed by atoms with Gasteiger partial charge in [0.05, 0.1) is 5.92 Å². The standard InChI is InChI=1S/C18H28N2O.ClH/c1-3-8-17(16-10-5-4-6-11-16)18(21)20-12-7-9-15(14-20)13-19-2;/h4-6,10-11,15,17,19H,3,7-9,12-14H2,1-2H3;1H. The monoisotopic (exact) mass is 324 g/mol. The van der Waals surface area contributed by atoms with Gasteiger partial charge in [0, 0.05) is 13.1 Å². The molecule has 1 fully saturated rings. The van der Waals surface area contributed by atoms with E-state index in [2.05, 4.69) is 29.3 Å². The van der Waals surface area contributed by atoms with Crippen LogP contribution in [-0.2, 0) is 4.79 Å². The Hall–Kier alpha value is -1.06. The normalized spacial score (nSPS) is 19.4. The molecule has 2 atom stereocenters. The lowest BCUT2D eigenvalue weighted by Crippen LogP contribution is -2.44. The van der Waals surface area contributed by atoms with E-state index in [1.54, 1.807) is 0 Å². The van der Waals surface area contributed by atoms with Gasteiger partial charge in [0.15, 0.2) is 0 Å². The second-order valence-electron chi connectivity index (χ2n) is 6.10. The fraction of sp³-hybridized carbons (Fsp3) is 0.611. The zero-order chi connectivity index (χ0) is 15.1. The molecule has 1 N–H and O–H groups in total. The molecule has 1 aromatic rings. The van der Waals surface area contributed by atoms with Crippen LogP contribution in [0.1, 0.15) is 44.1 Å². The van der Waals surface area contributed by atoms with Gasteiger partial charge in [-0.2, -0.15) is 0 Å². The first-order chi connectivity index (χ1) is 10.3. The first kappa shape index (κ1) is 19.0. The zero-order valence-corrected chi connectivity index (χ0v) is 14.6. The number of piperidine rings is 1. The molecule has 0 saturated carbocycles. The van der Waals surface area contributed by atoms with Crippen molar-refractivity contribution in [3.8, 4) is 0 Å². The van der Waals surface area contributed by atoms with E-state index in [4.69, 9.17) is 0 Å². The Balaban J connectivity index is 0.00000242. The molecule has 1 aromatic carbocycles. The van der Waals surface area contributed by atoms with Crippen molar-refractivity contribution < 1.29 is 4.79 Å². The molecule has 0 spiro atoms. The topological polar surface area (TPSA) is 32.3 Å². The third-order valence-electron chi connectivity index (χ3n) is 4.40. The molecule has 124 valence electrons. The van der Waals surface area contributed by atoms with E-state index in [0.717, 1.165) is 38.9 Å². The molecule has 1 saturated heterocycles. The maximum Gasteiger partial charge on any atom is 0.230 e. The maximum absolute atomic E-state index is 12.9. The van der Waals surface area contributed by atoms with Gasteiger partial charge in [0.1, 0.15) is 0 Å². The highest BCUT2D eigenvalue weighted by molar-refractivity contribution is 5.85. The third-order valence-corrected chi connectivity index (χ3v) is 4.40. The van der Waals surface area contributed by atoms with Crippen molar-refractivity contribution in [1.82, 2.24) is 10.2 Å². The number of carbonyl (C=O) groups is 1. The van der Waals surface area contributed by atoms with E-state index in [1.165, 1.54) is 12.0 Å². The lowest BCUT2D eigenvalue weighted by molar-refractivity contribution is -0.134. The summed E-state index contributed by atoms with van der Waals surface area (Å²) in [7, 11) is 1.99. The number of benzene rings is 1. The average molecular weight is 325 g/mol. The quantitative estimate of drug-likeness (QED) is 0.869. The summed E-state index contributed by atoms with van der Waals surface area (Å²) >= 11 is 0. The van der Waals surface area contributed by atoms with Crippen molar-refractivity contribution in [1.29, 1.82) is 0 Å². The van der Waals surface area contributed by atoms with Gasteiger partial charge in [-0.25, -0.2) is 0 Å². The van der Waals surface area contributed by atoms with Crippen molar-refractivity contribution in [2.45, 2.75) is 38.5 Å². The van der Waals surface area contributed by atoms with Crippen LogP contribution in [0.25, 0.3) is 0 Å². The summed E-state index contributed by atoms with van der Waals surface area (Å²) in [5.74, 6) is 0.958. The maximum atomic E-state index is 12.9. The van der Waals surface area contributed by atoms with E-state index in [1.807, 2.05) is 25.2 Å². The fourth-order valence-corrected chi connectivity index (χ4v) is 3.35. The number of rotatable bonds is 6. The van der Waals surface area contributed by atoms with Gasteiger partial charge in [0.25, 0.3) is 0 Å². The molecule has 2 unspecified atom stereocenters. The highest BCUT2D eigenvalue weighted by atomic mass is 35.5. The summed E-state index contributed by atoms with van der Waals surface area (Å²) in [5.41, 5.74) is 1.17. The van der Waals surface area contributed by atoms with Crippen molar-refractivity contribution >= 4 is 18.3 Å². The Labute approximate surface area is 140 Å². The van der Waals surface area contributed by atoms with Crippen LogP contribution in [0.4, 0.5) is 0 Å². The zero-order valence-electron chi connectivity index (χ0n) is 13.8. The largest absolute Gasteiger partial charge is 0.342 e. The van der Waals surface area contributed by atoms with E-state index < -0.39 is 0 Å². The van der Waals surface area contributed by atoms with Gasteiger partial charge in [0.2, 0.25) is 5.91 Å². The minimum absolute atomic E-state index is 0.